The molecule has 0 unspecified atom stereocenters. The van der Waals surface area contributed by atoms with Crippen molar-refractivity contribution in [3.63, 3.8) is 0 Å². The van der Waals surface area contributed by atoms with Crippen molar-refractivity contribution in [2.45, 2.75) is 53.2 Å². The second kappa shape index (κ2) is 12.8. The van der Waals surface area contributed by atoms with E-state index in [2.05, 4.69) is 46.1 Å². The summed E-state index contributed by atoms with van der Waals surface area (Å²) in [6.45, 7) is 12.4. The van der Waals surface area contributed by atoms with Gasteiger partial charge in [0.25, 0.3) is 0 Å². The van der Waals surface area contributed by atoms with Gasteiger partial charge in [0.15, 0.2) is 5.96 Å². The standard InChI is InChI=1S/C19H32N4O2.HI/c1-6-20-17(23-14-16-10-7-9-15(2)13-16)21-11-8-12-22-18(24)25-19(3,4)5;/h7,9-10,13H,6,8,11-12,14H2,1-5H3,(H,22,24)(H2,20,21,23);1H. The maximum atomic E-state index is 11.6. The molecule has 1 aromatic rings. The van der Waals surface area contributed by atoms with E-state index in [1.165, 1.54) is 11.1 Å². The van der Waals surface area contributed by atoms with Crippen molar-refractivity contribution in [3.8, 4) is 0 Å². The highest BCUT2D eigenvalue weighted by molar-refractivity contribution is 14.0. The fraction of sp³-hybridized carbons (Fsp3) is 0.579. The van der Waals surface area contributed by atoms with Gasteiger partial charge in [0.05, 0.1) is 6.54 Å². The number of guanidine groups is 1. The van der Waals surface area contributed by atoms with E-state index in [0.29, 0.717) is 13.1 Å². The Morgan fingerprint density at radius 3 is 2.46 bits per heavy atom. The first-order valence-electron chi connectivity index (χ1n) is 8.84. The number of aliphatic imine (C=N–C) groups is 1. The van der Waals surface area contributed by atoms with Gasteiger partial charge in [-0.15, -0.1) is 24.0 Å². The molecule has 1 amide bonds. The number of rotatable bonds is 7. The lowest BCUT2D eigenvalue weighted by Crippen LogP contribution is -2.39. The fourth-order valence-corrected chi connectivity index (χ4v) is 2.12. The molecular formula is C19H33IN4O2. The maximum absolute atomic E-state index is 11.6. The predicted molar refractivity (Wildman–Crippen MR) is 118 cm³/mol. The van der Waals surface area contributed by atoms with Gasteiger partial charge in [-0.3, -0.25) is 0 Å². The van der Waals surface area contributed by atoms with Crippen LogP contribution < -0.4 is 16.0 Å². The van der Waals surface area contributed by atoms with E-state index >= 15 is 0 Å². The van der Waals surface area contributed by atoms with Crippen LogP contribution in [0.4, 0.5) is 4.79 Å². The van der Waals surface area contributed by atoms with Crippen LogP contribution in [-0.2, 0) is 11.3 Å². The number of carbonyl (C=O) groups excluding carboxylic acids is 1. The summed E-state index contributed by atoms with van der Waals surface area (Å²) in [7, 11) is 0. The summed E-state index contributed by atoms with van der Waals surface area (Å²) in [5.74, 6) is 0.779. The van der Waals surface area contributed by atoms with Gasteiger partial charge in [-0.25, -0.2) is 9.79 Å². The Morgan fingerprint density at radius 2 is 1.85 bits per heavy atom. The normalized spacial score (nSPS) is 11.3. The first-order chi connectivity index (χ1) is 11.8. The van der Waals surface area contributed by atoms with E-state index in [1.54, 1.807) is 0 Å². The van der Waals surface area contributed by atoms with Crippen molar-refractivity contribution in [2.24, 2.45) is 4.99 Å². The number of nitrogens with one attached hydrogen (secondary N) is 3. The molecule has 0 aliphatic heterocycles. The Bertz CT molecular complexity index is 571. The summed E-state index contributed by atoms with van der Waals surface area (Å²) in [6, 6.07) is 8.33. The maximum Gasteiger partial charge on any atom is 0.407 e. The molecule has 0 atom stereocenters. The molecule has 0 saturated carbocycles. The number of benzene rings is 1. The second-order valence-electron chi connectivity index (χ2n) is 6.89. The molecule has 0 fully saturated rings. The molecule has 3 N–H and O–H groups in total. The second-order valence-corrected chi connectivity index (χ2v) is 6.89. The topological polar surface area (TPSA) is 74.8 Å². The monoisotopic (exact) mass is 476 g/mol. The molecule has 0 bridgehead atoms. The number of nitrogens with zero attached hydrogens (tertiary/aromatic N) is 1. The molecule has 148 valence electrons. The van der Waals surface area contributed by atoms with Gasteiger partial charge in [-0.05, 0) is 46.6 Å². The summed E-state index contributed by atoms with van der Waals surface area (Å²) >= 11 is 0. The third-order valence-electron chi connectivity index (χ3n) is 3.16. The molecule has 0 saturated heterocycles. The molecule has 0 aliphatic rings. The minimum atomic E-state index is -0.469. The van der Waals surface area contributed by atoms with Gasteiger partial charge in [-0.1, -0.05) is 29.8 Å². The summed E-state index contributed by atoms with van der Waals surface area (Å²) in [4.78, 5) is 16.1. The Balaban J connectivity index is 0.00000625. The molecule has 1 rings (SSSR count). The van der Waals surface area contributed by atoms with Crippen molar-refractivity contribution in [1.29, 1.82) is 0 Å². The highest BCUT2D eigenvalue weighted by Gasteiger charge is 2.15. The number of ether oxygens (including phenoxy) is 1. The largest absolute Gasteiger partial charge is 0.444 e. The number of carbonyl (C=O) groups is 1. The number of aryl methyl sites for hydroxylation is 1. The number of alkyl carbamates (subject to hydrolysis) is 1. The first-order valence-corrected chi connectivity index (χ1v) is 8.84. The number of hydrogen-bond acceptors (Lipinski definition) is 3. The van der Waals surface area contributed by atoms with Gasteiger partial charge < -0.3 is 20.7 Å². The average molecular weight is 476 g/mol. The van der Waals surface area contributed by atoms with Crippen LogP contribution in [0.15, 0.2) is 29.3 Å². The Labute approximate surface area is 174 Å². The van der Waals surface area contributed by atoms with Crippen LogP contribution in [0.3, 0.4) is 0 Å². The lowest BCUT2D eigenvalue weighted by atomic mass is 10.1. The van der Waals surface area contributed by atoms with E-state index in [-0.39, 0.29) is 30.1 Å². The number of halogens is 1. The predicted octanol–water partition coefficient (Wildman–Crippen LogP) is 3.58. The molecular weight excluding hydrogens is 443 g/mol. The van der Waals surface area contributed by atoms with Crippen LogP contribution in [0.25, 0.3) is 0 Å². The van der Waals surface area contributed by atoms with Gasteiger partial charge >= 0.3 is 6.09 Å². The summed E-state index contributed by atoms with van der Waals surface area (Å²) in [5.41, 5.74) is 1.95. The van der Waals surface area contributed by atoms with E-state index in [1.807, 2.05) is 33.8 Å². The van der Waals surface area contributed by atoms with E-state index in [9.17, 15) is 4.79 Å². The van der Waals surface area contributed by atoms with E-state index in [4.69, 9.17) is 4.74 Å². The van der Waals surface area contributed by atoms with Crippen LogP contribution in [0.1, 0.15) is 45.2 Å². The smallest absolute Gasteiger partial charge is 0.407 e. The zero-order chi connectivity index (χ0) is 18.7. The Hall–Kier alpha value is -1.51. The van der Waals surface area contributed by atoms with Gasteiger partial charge in [-0.2, -0.15) is 0 Å². The van der Waals surface area contributed by atoms with Crippen molar-refractivity contribution in [2.75, 3.05) is 19.6 Å². The van der Waals surface area contributed by atoms with Crippen LogP contribution in [0.5, 0.6) is 0 Å². The SMILES string of the molecule is CCNC(=NCc1cccc(C)c1)NCCCNC(=O)OC(C)(C)C.I. The van der Waals surface area contributed by atoms with Crippen molar-refractivity contribution < 1.29 is 9.53 Å². The van der Waals surface area contributed by atoms with Crippen LogP contribution >= 0.6 is 24.0 Å². The first kappa shape index (κ1) is 24.5. The average Bonchev–Trinajstić information content (AvgIpc) is 2.50. The number of hydrogen-bond donors (Lipinski definition) is 3. The minimum absolute atomic E-state index is 0. The van der Waals surface area contributed by atoms with Crippen molar-refractivity contribution in [1.82, 2.24) is 16.0 Å². The molecule has 7 heteroatoms. The fourth-order valence-electron chi connectivity index (χ4n) is 2.12. The zero-order valence-corrected chi connectivity index (χ0v) is 18.8. The highest BCUT2D eigenvalue weighted by atomic mass is 127. The zero-order valence-electron chi connectivity index (χ0n) is 16.5. The lowest BCUT2D eigenvalue weighted by molar-refractivity contribution is 0.0527. The third-order valence-corrected chi connectivity index (χ3v) is 3.16. The van der Waals surface area contributed by atoms with Crippen LogP contribution in [0.2, 0.25) is 0 Å². The quantitative estimate of drug-likeness (QED) is 0.244. The molecule has 0 radical (unpaired) electrons. The molecule has 0 heterocycles. The van der Waals surface area contributed by atoms with Gasteiger partial charge in [0, 0.05) is 19.6 Å². The summed E-state index contributed by atoms with van der Waals surface area (Å²) in [6.07, 6.45) is 0.404. The van der Waals surface area contributed by atoms with Crippen molar-refractivity contribution in [3.05, 3.63) is 35.4 Å². The highest BCUT2D eigenvalue weighted by Crippen LogP contribution is 2.06. The molecule has 6 nitrogen and oxygen atoms in total. The molecule has 1 aromatic carbocycles. The summed E-state index contributed by atoms with van der Waals surface area (Å²) < 4.78 is 5.19. The molecule has 0 spiro atoms. The lowest BCUT2D eigenvalue weighted by Gasteiger charge is -2.19. The van der Waals surface area contributed by atoms with E-state index < -0.39 is 5.60 Å². The third kappa shape index (κ3) is 11.9. The molecule has 0 aromatic heterocycles. The molecule has 0 aliphatic carbocycles. The van der Waals surface area contributed by atoms with Gasteiger partial charge in [0.2, 0.25) is 0 Å². The van der Waals surface area contributed by atoms with E-state index in [0.717, 1.165) is 25.5 Å². The van der Waals surface area contributed by atoms with Crippen LogP contribution in [0, 0.1) is 6.92 Å². The Kier molecular flexibility index (Phi) is 12.0. The Morgan fingerprint density at radius 1 is 1.15 bits per heavy atom. The molecule has 26 heavy (non-hydrogen) atoms. The minimum Gasteiger partial charge on any atom is -0.444 e. The van der Waals surface area contributed by atoms with Crippen LogP contribution in [-0.4, -0.2) is 37.3 Å². The summed E-state index contributed by atoms with van der Waals surface area (Å²) in [5, 5.41) is 9.25. The van der Waals surface area contributed by atoms with Crippen molar-refractivity contribution >= 4 is 36.0 Å². The van der Waals surface area contributed by atoms with Gasteiger partial charge in [0.1, 0.15) is 5.60 Å². The number of amides is 1.